The molecule has 0 saturated heterocycles. The normalized spacial score (nSPS) is 13.9. The van der Waals surface area contributed by atoms with Gasteiger partial charge in [0, 0.05) is 33.3 Å². The first-order valence-corrected chi connectivity index (χ1v) is 15.6. The zero-order valence-corrected chi connectivity index (χ0v) is 24.5. The van der Waals surface area contributed by atoms with Crippen LogP contribution in [0.3, 0.4) is 0 Å². The summed E-state index contributed by atoms with van der Waals surface area (Å²) in [5, 5.41) is 12.6. The van der Waals surface area contributed by atoms with E-state index in [1.54, 1.807) is 0 Å². The van der Waals surface area contributed by atoms with E-state index in [0.717, 1.165) is 33.9 Å². The fraction of sp³-hybridized carbons (Fsp3) is 0.0233. The number of para-hydroxylation sites is 2. The second kappa shape index (κ2) is 9.32. The first-order valence-electron chi connectivity index (χ1n) is 15.6. The SMILES string of the molecule is C1=CC(c2ccc3c4ccccc4c4ccccc4c3c2)=CC(n2c3ccccc3c3cc4c(cc32)oc2ccccc24)=CC1. The molecule has 0 N–H and O–H groups in total. The maximum atomic E-state index is 6.36. The minimum absolute atomic E-state index is 0.858. The first-order chi connectivity index (χ1) is 22.3. The van der Waals surface area contributed by atoms with Crippen LogP contribution in [0.1, 0.15) is 12.0 Å². The Balaban J connectivity index is 1.21. The van der Waals surface area contributed by atoms with Gasteiger partial charge in [-0.1, -0.05) is 115 Å². The van der Waals surface area contributed by atoms with Crippen molar-refractivity contribution in [3.8, 4) is 0 Å². The standard InChI is InChI=1S/C43H27NO/c1-2-12-29(44-40-19-9-7-17-35(40)38-25-39-36-18-8-10-20-42(36)45-43(39)26-41(38)44)23-27(11-1)28-21-22-34-32-15-4-3-13-30(32)31-14-5-6-16-33(31)37(34)24-28/h1,3-26H,2H2. The third kappa shape index (κ3) is 3.57. The van der Waals surface area contributed by atoms with Gasteiger partial charge in [-0.05, 0) is 80.2 Å². The highest BCUT2D eigenvalue weighted by molar-refractivity contribution is 6.25. The molecule has 10 rings (SSSR count). The molecule has 0 bridgehead atoms. The Morgan fingerprint density at radius 3 is 1.89 bits per heavy atom. The van der Waals surface area contributed by atoms with Crippen LogP contribution in [-0.4, -0.2) is 4.57 Å². The highest BCUT2D eigenvalue weighted by atomic mass is 16.3. The summed E-state index contributed by atoms with van der Waals surface area (Å²) in [7, 11) is 0. The smallest absolute Gasteiger partial charge is 0.137 e. The van der Waals surface area contributed by atoms with Crippen molar-refractivity contribution in [3.63, 3.8) is 0 Å². The summed E-state index contributed by atoms with van der Waals surface area (Å²) in [5.41, 5.74) is 7.78. The van der Waals surface area contributed by atoms with Crippen LogP contribution in [0.2, 0.25) is 0 Å². The molecule has 1 aliphatic rings. The predicted molar refractivity (Wildman–Crippen MR) is 192 cm³/mol. The zero-order chi connectivity index (χ0) is 29.5. The van der Waals surface area contributed by atoms with Crippen LogP contribution in [0.15, 0.2) is 156 Å². The molecular formula is C43H27NO. The Labute approximate surface area is 259 Å². The highest BCUT2D eigenvalue weighted by Crippen LogP contribution is 2.40. The van der Waals surface area contributed by atoms with Crippen molar-refractivity contribution < 1.29 is 4.42 Å². The molecule has 7 aromatic carbocycles. The summed E-state index contributed by atoms with van der Waals surface area (Å²) in [4.78, 5) is 0. The molecular weight excluding hydrogens is 546 g/mol. The molecule has 2 aromatic heterocycles. The lowest BCUT2D eigenvalue weighted by atomic mass is 9.92. The fourth-order valence-electron chi connectivity index (χ4n) is 7.54. The molecule has 2 heteroatoms. The summed E-state index contributed by atoms with van der Waals surface area (Å²) < 4.78 is 8.77. The van der Waals surface area contributed by atoms with E-state index in [1.807, 2.05) is 6.07 Å². The Morgan fingerprint density at radius 2 is 1.11 bits per heavy atom. The zero-order valence-electron chi connectivity index (χ0n) is 24.5. The predicted octanol–water partition coefficient (Wildman–Crippen LogP) is 12.0. The molecule has 0 aliphatic heterocycles. The maximum Gasteiger partial charge on any atom is 0.137 e. The van der Waals surface area contributed by atoms with Gasteiger partial charge in [-0.2, -0.15) is 0 Å². The van der Waals surface area contributed by atoms with Crippen LogP contribution in [0.5, 0.6) is 0 Å². The van der Waals surface area contributed by atoms with E-state index in [4.69, 9.17) is 4.42 Å². The second-order valence-corrected chi connectivity index (χ2v) is 12.0. The van der Waals surface area contributed by atoms with Crippen LogP contribution in [0, 0.1) is 0 Å². The van der Waals surface area contributed by atoms with Crippen LogP contribution < -0.4 is 0 Å². The van der Waals surface area contributed by atoms with Crippen molar-refractivity contribution in [3.05, 3.63) is 157 Å². The lowest BCUT2D eigenvalue weighted by molar-refractivity contribution is 0.669. The lowest BCUT2D eigenvalue weighted by Gasteiger charge is -2.13. The molecule has 0 spiro atoms. The number of aromatic nitrogens is 1. The molecule has 0 saturated carbocycles. The average molecular weight is 574 g/mol. The molecule has 0 unspecified atom stereocenters. The van der Waals surface area contributed by atoms with Gasteiger partial charge in [0.15, 0.2) is 0 Å². The molecule has 9 aromatic rings. The number of benzene rings is 7. The van der Waals surface area contributed by atoms with Gasteiger partial charge < -0.3 is 8.98 Å². The largest absolute Gasteiger partial charge is 0.456 e. The third-order valence-corrected chi connectivity index (χ3v) is 9.57. The van der Waals surface area contributed by atoms with E-state index in [2.05, 4.69) is 150 Å². The number of rotatable bonds is 2. The second-order valence-electron chi connectivity index (χ2n) is 12.0. The van der Waals surface area contributed by atoms with E-state index in [0.29, 0.717) is 0 Å². The summed E-state index contributed by atoms with van der Waals surface area (Å²) in [6.07, 6.45) is 10.1. The van der Waals surface area contributed by atoms with Crippen LogP contribution in [0.25, 0.3) is 87.3 Å². The summed E-state index contributed by atoms with van der Waals surface area (Å²) >= 11 is 0. The van der Waals surface area contributed by atoms with E-state index in [1.165, 1.54) is 65.4 Å². The average Bonchev–Trinajstić information content (AvgIpc) is 3.50. The van der Waals surface area contributed by atoms with Gasteiger partial charge in [0.1, 0.15) is 11.2 Å². The summed E-state index contributed by atoms with van der Waals surface area (Å²) in [6, 6.07) is 46.1. The van der Waals surface area contributed by atoms with Gasteiger partial charge in [0.05, 0.1) is 11.0 Å². The van der Waals surface area contributed by atoms with Gasteiger partial charge >= 0.3 is 0 Å². The molecule has 0 fully saturated rings. The van der Waals surface area contributed by atoms with E-state index in [-0.39, 0.29) is 0 Å². The molecule has 2 heterocycles. The quantitative estimate of drug-likeness (QED) is 0.188. The van der Waals surface area contributed by atoms with Crippen LogP contribution >= 0.6 is 0 Å². The molecule has 0 radical (unpaired) electrons. The van der Waals surface area contributed by atoms with Crippen molar-refractivity contribution in [2.75, 3.05) is 0 Å². The molecule has 2 nitrogen and oxygen atoms in total. The minimum Gasteiger partial charge on any atom is -0.456 e. The van der Waals surface area contributed by atoms with Crippen molar-refractivity contribution in [2.45, 2.75) is 6.42 Å². The molecule has 210 valence electrons. The number of allylic oxidation sites excluding steroid dienone is 6. The Bertz CT molecular complexity index is 2750. The van der Waals surface area contributed by atoms with E-state index in [9.17, 15) is 0 Å². The monoisotopic (exact) mass is 573 g/mol. The number of hydrogen-bond acceptors (Lipinski definition) is 1. The Hall–Kier alpha value is -5.86. The van der Waals surface area contributed by atoms with Gasteiger partial charge in [0.2, 0.25) is 0 Å². The molecule has 1 aliphatic carbocycles. The number of fused-ring (bicyclic) bond motifs is 12. The van der Waals surface area contributed by atoms with Gasteiger partial charge in [-0.25, -0.2) is 0 Å². The topological polar surface area (TPSA) is 18.1 Å². The Morgan fingerprint density at radius 1 is 0.467 bits per heavy atom. The first kappa shape index (κ1) is 24.6. The van der Waals surface area contributed by atoms with Crippen LogP contribution in [-0.2, 0) is 0 Å². The highest BCUT2D eigenvalue weighted by Gasteiger charge is 2.18. The van der Waals surface area contributed by atoms with Crippen molar-refractivity contribution in [1.29, 1.82) is 0 Å². The van der Waals surface area contributed by atoms with Crippen molar-refractivity contribution in [2.24, 2.45) is 0 Å². The molecule has 45 heavy (non-hydrogen) atoms. The van der Waals surface area contributed by atoms with Crippen LogP contribution in [0.4, 0.5) is 0 Å². The van der Waals surface area contributed by atoms with Gasteiger partial charge in [0.25, 0.3) is 0 Å². The van der Waals surface area contributed by atoms with E-state index >= 15 is 0 Å². The van der Waals surface area contributed by atoms with Gasteiger partial charge in [-0.3, -0.25) is 0 Å². The van der Waals surface area contributed by atoms with Crippen molar-refractivity contribution >= 4 is 87.3 Å². The number of hydrogen-bond donors (Lipinski definition) is 0. The molecule has 0 amide bonds. The van der Waals surface area contributed by atoms with Crippen molar-refractivity contribution in [1.82, 2.24) is 4.57 Å². The summed E-state index contributed by atoms with van der Waals surface area (Å²) in [5.74, 6) is 0. The third-order valence-electron chi connectivity index (χ3n) is 9.57. The van der Waals surface area contributed by atoms with Gasteiger partial charge in [-0.15, -0.1) is 0 Å². The lowest BCUT2D eigenvalue weighted by Crippen LogP contribution is -1.95. The number of furan rings is 1. The number of nitrogens with zero attached hydrogens (tertiary/aromatic N) is 1. The van der Waals surface area contributed by atoms with E-state index < -0.39 is 0 Å². The minimum atomic E-state index is 0.858. The summed E-state index contributed by atoms with van der Waals surface area (Å²) in [6.45, 7) is 0. The Kier molecular flexibility index (Phi) is 5.09. The molecule has 0 atom stereocenters. The fourth-order valence-corrected chi connectivity index (χ4v) is 7.54. The maximum absolute atomic E-state index is 6.36.